The van der Waals surface area contributed by atoms with Crippen molar-refractivity contribution in [1.29, 1.82) is 0 Å². The third kappa shape index (κ3) is 3.38. The summed E-state index contributed by atoms with van der Waals surface area (Å²) in [5, 5.41) is 7.07. The van der Waals surface area contributed by atoms with Crippen LogP contribution in [0.4, 0.5) is 0 Å². The summed E-state index contributed by atoms with van der Waals surface area (Å²) in [7, 11) is 0. The summed E-state index contributed by atoms with van der Waals surface area (Å²) in [6, 6.07) is 17.0. The zero-order valence-corrected chi connectivity index (χ0v) is 12.0. The van der Waals surface area contributed by atoms with Gasteiger partial charge in [0.1, 0.15) is 6.54 Å². The first-order valence-corrected chi connectivity index (χ1v) is 7.05. The Kier molecular flexibility index (Phi) is 4.25. The Bertz CT molecular complexity index is 671. The minimum Gasteiger partial charge on any atom is -0.342 e. The van der Waals surface area contributed by atoms with Gasteiger partial charge in [0, 0.05) is 18.6 Å². The van der Waals surface area contributed by atoms with Crippen LogP contribution in [0, 0.1) is 0 Å². The average Bonchev–Trinajstić information content (AvgIpc) is 3.07. The highest BCUT2D eigenvalue weighted by Crippen LogP contribution is 2.19. The van der Waals surface area contributed by atoms with Gasteiger partial charge < -0.3 is 5.32 Å². The Hall–Kier alpha value is -2.95. The molecule has 0 radical (unpaired) electrons. The van der Waals surface area contributed by atoms with Crippen LogP contribution in [0.2, 0.25) is 0 Å². The maximum absolute atomic E-state index is 12.3. The van der Waals surface area contributed by atoms with Crippen LogP contribution in [0.5, 0.6) is 0 Å². The van der Waals surface area contributed by atoms with Gasteiger partial charge in [0.15, 0.2) is 0 Å². The van der Waals surface area contributed by atoms with E-state index in [4.69, 9.17) is 0 Å². The smallest absolute Gasteiger partial charge is 0.242 e. The highest BCUT2D eigenvalue weighted by molar-refractivity contribution is 5.76. The van der Waals surface area contributed by atoms with Crippen molar-refractivity contribution in [2.24, 2.45) is 0 Å². The average molecular weight is 292 g/mol. The topological polar surface area (TPSA) is 59.8 Å². The van der Waals surface area contributed by atoms with Gasteiger partial charge in [-0.25, -0.2) is 0 Å². The number of carbonyl (C=O) groups is 1. The molecule has 1 atom stereocenters. The van der Waals surface area contributed by atoms with Gasteiger partial charge in [-0.2, -0.15) is 5.10 Å². The van der Waals surface area contributed by atoms with Gasteiger partial charge in [-0.1, -0.05) is 36.4 Å². The van der Waals surface area contributed by atoms with E-state index in [1.807, 2.05) is 48.5 Å². The monoisotopic (exact) mass is 292 g/mol. The minimum absolute atomic E-state index is 0.108. The number of rotatable bonds is 5. The molecule has 5 heteroatoms. The van der Waals surface area contributed by atoms with Crippen LogP contribution >= 0.6 is 0 Å². The molecule has 22 heavy (non-hydrogen) atoms. The molecular formula is C17H16N4O. The Morgan fingerprint density at radius 2 is 1.86 bits per heavy atom. The standard InChI is InChI=1S/C17H16N4O/c22-16(13-21-12-6-11-19-21)20-17(14-7-2-1-3-8-14)15-9-4-5-10-18-15/h1-12,17H,13H2,(H,20,22)/t17-/m0/s1. The van der Waals surface area contributed by atoms with Crippen molar-refractivity contribution in [2.75, 3.05) is 0 Å². The van der Waals surface area contributed by atoms with E-state index in [0.29, 0.717) is 0 Å². The maximum atomic E-state index is 12.3. The lowest BCUT2D eigenvalue weighted by Gasteiger charge is -2.18. The van der Waals surface area contributed by atoms with Gasteiger partial charge in [0.05, 0.1) is 11.7 Å². The maximum Gasteiger partial charge on any atom is 0.242 e. The van der Waals surface area contributed by atoms with Crippen molar-refractivity contribution < 1.29 is 4.79 Å². The quantitative estimate of drug-likeness (QED) is 0.784. The second-order valence-corrected chi connectivity index (χ2v) is 4.87. The van der Waals surface area contributed by atoms with Crippen molar-refractivity contribution in [3.05, 3.63) is 84.4 Å². The Morgan fingerprint density at radius 3 is 2.55 bits per heavy atom. The summed E-state index contributed by atoms with van der Waals surface area (Å²) in [6.07, 6.45) is 5.14. The molecule has 5 nitrogen and oxygen atoms in total. The van der Waals surface area contributed by atoms with Crippen molar-refractivity contribution >= 4 is 5.91 Å². The van der Waals surface area contributed by atoms with Gasteiger partial charge in [-0.3, -0.25) is 14.5 Å². The molecule has 0 saturated carbocycles. The van der Waals surface area contributed by atoms with Crippen LogP contribution in [0.3, 0.4) is 0 Å². The number of hydrogen-bond acceptors (Lipinski definition) is 3. The Balaban J connectivity index is 1.81. The number of nitrogens with one attached hydrogen (secondary N) is 1. The van der Waals surface area contributed by atoms with E-state index in [0.717, 1.165) is 11.3 Å². The number of nitrogens with zero attached hydrogens (tertiary/aromatic N) is 3. The molecule has 0 aliphatic carbocycles. The molecular weight excluding hydrogens is 276 g/mol. The van der Waals surface area contributed by atoms with E-state index in [2.05, 4.69) is 15.4 Å². The fourth-order valence-electron chi connectivity index (χ4n) is 2.27. The lowest BCUT2D eigenvalue weighted by Crippen LogP contribution is -2.32. The molecule has 110 valence electrons. The summed E-state index contributed by atoms with van der Waals surface area (Å²) in [6.45, 7) is 0.184. The first kappa shape index (κ1) is 14.0. The molecule has 0 aliphatic heterocycles. The van der Waals surface area contributed by atoms with Crippen LogP contribution in [0.1, 0.15) is 17.3 Å². The molecule has 3 rings (SSSR count). The van der Waals surface area contributed by atoms with Crippen molar-refractivity contribution in [3.8, 4) is 0 Å². The number of amides is 1. The Labute approximate surface area is 128 Å². The van der Waals surface area contributed by atoms with Gasteiger partial charge in [-0.05, 0) is 23.8 Å². The number of pyridine rings is 1. The molecule has 1 aromatic carbocycles. The molecule has 0 fully saturated rings. The van der Waals surface area contributed by atoms with Crippen LogP contribution in [-0.2, 0) is 11.3 Å². The lowest BCUT2D eigenvalue weighted by atomic mass is 10.0. The van der Waals surface area contributed by atoms with Crippen LogP contribution in [-0.4, -0.2) is 20.7 Å². The van der Waals surface area contributed by atoms with Gasteiger partial charge in [-0.15, -0.1) is 0 Å². The van der Waals surface area contributed by atoms with Gasteiger partial charge in [0.25, 0.3) is 0 Å². The van der Waals surface area contributed by atoms with Crippen LogP contribution in [0.15, 0.2) is 73.2 Å². The number of aromatic nitrogens is 3. The first-order valence-electron chi connectivity index (χ1n) is 7.05. The lowest BCUT2D eigenvalue weighted by molar-refractivity contribution is -0.122. The van der Waals surface area contributed by atoms with Crippen LogP contribution in [0.25, 0.3) is 0 Å². The zero-order chi connectivity index (χ0) is 15.2. The first-order chi connectivity index (χ1) is 10.8. The number of hydrogen-bond donors (Lipinski definition) is 1. The SMILES string of the molecule is O=C(Cn1cccn1)N[C@@H](c1ccccc1)c1ccccn1. The van der Waals surface area contributed by atoms with Crippen LogP contribution < -0.4 is 5.32 Å². The summed E-state index contributed by atoms with van der Waals surface area (Å²) in [5.74, 6) is -0.108. The second kappa shape index (κ2) is 6.67. The summed E-state index contributed by atoms with van der Waals surface area (Å²) >= 11 is 0. The van der Waals surface area contributed by atoms with E-state index in [1.165, 1.54) is 0 Å². The summed E-state index contributed by atoms with van der Waals surface area (Å²) in [4.78, 5) is 16.6. The highest BCUT2D eigenvalue weighted by Gasteiger charge is 2.17. The summed E-state index contributed by atoms with van der Waals surface area (Å²) < 4.78 is 1.59. The van der Waals surface area contributed by atoms with Gasteiger partial charge in [0.2, 0.25) is 5.91 Å². The highest BCUT2D eigenvalue weighted by atomic mass is 16.2. The third-order valence-electron chi connectivity index (χ3n) is 3.29. The molecule has 1 amide bonds. The molecule has 1 N–H and O–H groups in total. The van der Waals surface area contributed by atoms with E-state index >= 15 is 0 Å². The van der Waals surface area contributed by atoms with Crippen molar-refractivity contribution in [2.45, 2.75) is 12.6 Å². The predicted molar refractivity (Wildman–Crippen MR) is 82.9 cm³/mol. The molecule has 0 unspecified atom stereocenters. The fraction of sp³-hybridized carbons (Fsp3) is 0.118. The largest absolute Gasteiger partial charge is 0.342 e. The molecule has 0 bridgehead atoms. The summed E-state index contributed by atoms with van der Waals surface area (Å²) in [5.41, 5.74) is 1.80. The number of carbonyl (C=O) groups excluding carboxylic acids is 1. The van der Waals surface area contributed by atoms with Crippen molar-refractivity contribution in [1.82, 2.24) is 20.1 Å². The Morgan fingerprint density at radius 1 is 1.05 bits per heavy atom. The zero-order valence-electron chi connectivity index (χ0n) is 12.0. The van der Waals surface area contributed by atoms with E-state index in [1.54, 1.807) is 29.3 Å². The minimum atomic E-state index is -0.273. The molecule has 2 aromatic heterocycles. The van der Waals surface area contributed by atoms with Gasteiger partial charge >= 0.3 is 0 Å². The molecule has 0 saturated heterocycles. The normalized spacial score (nSPS) is 11.8. The third-order valence-corrected chi connectivity index (χ3v) is 3.29. The van der Waals surface area contributed by atoms with E-state index < -0.39 is 0 Å². The number of benzene rings is 1. The predicted octanol–water partition coefficient (Wildman–Crippen LogP) is 2.18. The molecule has 0 aliphatic rings. The van der Waals surface area contributed by atoms with E-state index in [-0.39, 0.29) is 18.5 Å². The van der Waals surface area contributed by atoms with E-state index in [9.17, 15) is 4.79 Å². The van der Waals surface area contributed by atoms with Crippen molar-refractivity contribution in [3.63, 3.8) is 0 Å². The second-order valence-electron chi connectivity index (χ2n) is 4.87. The molecule has 3 aromatic rings. The molecule has 2 heterocycles. The fourth-order valence-corrected chi connectivity index (χ4v) is 2.27. The molecule has 0 spiro atoms.